The van der Waals surface area contributed by atoms with Crippen LogP contribution in [0.25, 0.3) is 0 Å². The molecule has 0 radical (unpaired) electrons. The first-order chi connectivity index (χ1) is 9.32. The Balaban J connectivity index is 3.03. The van der Waals surface area contributed by atoms with Crippen LogP contribution in [0.15, 0.2) is 29.2 Å². The molecule has 1 aromatic rings. The quantitative estimate of drug-likeness (QED) is 0.775. The van der Waals surface area contributed by atoms with Crippen LogP contribution in [0.1, 0.15) is 46.1 Å². The maximum atomic E-state index is 12.6. The van der Waals surface area contributed by atoms with E-state index in [1.807, 2.05) is 32.9 Å². The number of sulfonamides is 1. The van der Waals surface area contributed by atoms with E-state index in [-0.39, 0.29) is 0 Å². The second-order valence-electron chi connectivity index (χ2n) is 5.63. The molecule has 114 valence electrons. The second-order valence-corrected chi connectivity index (χ2v) is 7.28. The van der Waals surface area contributed by atoms with Crippen molar-refractivity contribution >= 4 is 10.0 Å². The van der Waals surface area contributed by atoms with Gasteiger partial charge in [0, 0.05) is 12.1 Å². The molecule has 0 aromatic heterocycles. The van der Waals surface area contributed by atoms with Gasteiger partial charge in [-0.15, -0.1) is 0 Å². The van der Waals surface area contributed by atoms with Crippen LogP contribution in [0.2, 0.25) is 0 Å². The lowest BCUT2D eigenvalue weighted by atomic mass is 10.0. The molecule has 0 bridgehead atoms. The number of benzene rings is 1. The molecule has 0 fully saturated rings. The van der Waals surface area contributed by atoms with E-state index in [0.717, 1.165) is 24.9 Å². The highest BCUT2D eigenvalue weighted by Crippen LogP contribution is 2.20. The van der Waals surface area contributed by atoms with E-state index in [2.05, 4.69) is 17.0 Å². The molecule has 0 spiro atoms. The molecule has 1 aromatic carbocycles. The Labute approximate surface area is 123 Å². The summed E-state index contributed by atoms with van der Waals surface area (Å²) in [6, 6.07) is 7.14. The van der Waals surface area contributed by atoms with E-state index < -0.39 is 15.6 Å². The third-order valence-electron chi connectivity index (χ3n) is 3.11. The first kappa shape index (κ1) is 17.1. The molecule has 0 unspecified atom stereocenters. The first-order valence-electron chi connectivity index (χ1n) is 7.15. The van der Waals surface area contributed by atoms with Crippen molar-refractivity contribution in [2.24, 2.45) is 0 Å². The highest BCUT2D eigenvalue weighted by Gasteiger charge is 2.26. The summed E-state index contributed by atoms with van der Waals surface area (Å²) in [5.41, 5.74) is 0.368. The zero-order chi connectivity index (χ0) is 15.2. The Morgan fingerprint density at radius 2 is 1.80 bits per heavy atom. The molecule has 5 heteroatoms. The molecule has 0 heterocycles. The van der Waals surface area contributed by atoms with Crippen molar-refractivity contribution in [1.29, 1.82) is 0 Å². The molecule has 1 rings (SSSR count). The molecular formula is C15H26N2O2S. The molecule has 20 heavy (non-hydrogen) atoms. The monoisotopic (exact) mass is 298 g/mol. The standard InChI is InChI=1S/C15H26N2O2S/c1-5-11-15(3,4)17-20(18,19)14-10-8-7-9-13(14)12-16-6-2/h7-10,16-17H,5-6,11-12H2,1-4H3. The summed E-state index contributed by atoms with van der Waals surface area (Å²) < 4.78 is 27.9. The minimum atomic E-state index is -3.49. The van der Waals surface area contributed by atoms with Crippen molar-refractivity contribution in [3.8, 4) is 0 Å². The third-order valence-corrected chi connectivity index (χ3v) is 4.91. The van der Waals surface area contributed by atoms with Gasteiger partial charge in [0.25, 0.3) is 0 Å². The van der Waals surface area contributed by atoms with Gasteiger partial charge in [-0.2, -0.15) is 0 Å². The van der Waals surface area contributed by atoms with Gasteiger partial charge in [0.05, 0.1) is 4.90 Å². The summed E-state index contributed by atoms with van der Waals surface area (Å²) in [6.07, 6.45) is 1.75. The maximum absolute atomic E-state index is 12.6. The Kier molecular flexibility index (Phi) is 6.17. The average molecular weight is 298 g/mol. The van der Waals surface area contributed by atoms with Crippen molar-refractivity contribution in [2.45, 2.75) is 57.5 Å². The van der Waals surface area contributed by atoms with Crippen molar-refractivity contribution in [3.05, 3.63) is 29.8 Å². The van der Waals surface area contributed by atoms with Gasteiger partial charge in [-0.1, -0.05) is 38.5 Å². The molecule has 2 N–H and O–H groups in total. The summed E-state index contributed by atoms with van der Waals surface area (Å²) >= 11 is 0. The summed E-state index contributed by atoms with van der Waals surface area (Å²) in [5.74, 6) is 0. The zero-order valence-corrected chi connectivity index (χ0v) is 13.7. The maximum Gasteiger partial charge on any atom is 0.241 e. The minimum absolute atomic E-state index is 0.366. The predicted octanol–water partition coefficient (Wildman–Crippen LogP) is 2.65. The highest BCUT2D eigenvalue weighted by molar-refractivity contribution is 7.89. The average Bonchev–Trinajstić information content (AvgIpc) is 2.35. The van der Waals surface area contributed by atoms with E-state index in [9.17, 15) is 8.42 Å². The van der Waals surface area contributed by atoms with Gasteiger partial charge in [0.2, 0.25) is 10.0 Å². The van der Waals surface area contributed by atoms with Crippen LogP contribution >= 0.6 is 0 Å². The van der Waals surface area contributed by atoms with Crippen molar-refractivity contribution in [3.63, 3.8) is 0 Å². The molecule has 4 nitrogen and oxygen atoms in total. The van der Waals surface area contributed by atoms with Gasteiger partial charge in [0.15, 0.2) is 0 Å². The van der Waals surface area contributed by atoms with Crippen LogP contribution in [0.3, 0.4) is 0 Å². The Morgan fingerprint density at radius 1 is 1.15 bits per heavy atom. The lowest BCUT2D eigenvalue weighted by molar-refractivity contribution is 0.417. The van der Waals surface area contributed by atoms with Crippen molar-refractivity contribution < 1.29 is 8.42 Å². The fourth-order valence-corrected chi connectivity index (χ4v) is 3.95. The topological polar surface area (TPSA) is 58.2 Å². The van der Waals surface area contributed by atoms with E-state index in [1.165, 1.54) is 0 Å². The number of hydrogen-bond acceptors (Lipinski definition) is 3. The molecular weight excluding hydrogens is 272 g/mol. The lowest BCUT2D eigenvalue weighted by Gasteiger charge is -2.26. The Morgan fingerprint density at radius 3 is 2.40 bits per heavy atom. The first-order valence-corrected chi connectivity index (χ1v) is 8.63. The molecule has 0 aliphatic rings. The van der Waals surface area contributed by atoms with Crippen molar-refractivity contribution in [2.75, 3.05) is 6.54 Å². The fraction of sp³-hybridized carbons (Fsp3) is 0.600. The minimum Gasteiger partial charge on any atom is -0.313 e. The third kappa shape index (κ3) is 4.89. The van der Waals surface area contributed by atoms with Crippen LogP contribution in [-0.2, 0) is 16.6 Å². The predicted molar refractivity (Wildman–Crippen MR) is 83.1 cm³/mol. The fourth-order valence-electron chi connectivity index (χ4n) is 2.27. The SMILES string of the molecule is CCCC(C)(C)NS(=O)(=O)c1ccccc1CNCC. The Hall–Kier alpha value is -0.910. The molecule has 0 aliphatic carbocycles. The van der Waals surface area contributed by atoms with Gasteiger partial charge < -0.3 is 5.32 Å². The molecule has 0 amide bonds. The smallest absolute Gasteiger partial charge is 0.241 e. The van der Waals surface area contributed by atoms with Gasteiger partial charge in [-0.3, -0.25) is 0 Å². The number of rotatable bonds is 8. The van der Waals surface area contributed by atoms with E-state index >= 15 is 0 Å². The number of hydrogen-bond donors (Lipinski definition) is 2. The summed E-state index contributed by atoms with van der Waals surface area (Å²) in [6.45, 7) is 9.25. The van der Waals surface area contributed by atoms with Crippen molar-refractivity contribution in [1.82, 2.24) is 10.0 Å². The highest BCUT2D eigenvalue weighted by atomic mass is 32.2. The lowest BCUT2D eigenvalue weighted by Crippen LogP contribution is -2.43. The summed E-state index contributed by atoms with van der Waals surface area (Å²) in [4.78, 5) is 0.366. The van der Waals surface area contributed by atoms with Gasteiger partial charge >= 0.3 is 0 Å². The van der Waals surface area contributed by atoms with Crippen LogP contribution in [0.4, 0.5) is 0 Å². The Bertz CT molecular complexity index is 524. The number of nitrogens with one attached hydrogen (secondary N) is 2. The van der Waals surface area contributed by atoms with Crippen LogP contribution in [0.5, 0.6) is 0 Å². The molecule has 0 saturated carbocycles. The van der Waals surface area contributed by atoms with Crippen LogP contribution < -0.4 is 10.0 Å². The van der Waals surface area contributed by atoms with Crippen LogP contribution in [-0.4, -0.2) is 20.5 Å². The zero-order valence-electron chi connectivity index (χ0n) is 12.9. The molecule has 0 atom stereocenters. The molecule has 0 saturated heterocycles. The van der Waals surface area contributed by atoms with E-state index in [4.69, 9.17) is 0 Å². The summed E-state index contributed by atoms with van der Waals surface area (Å²) in [5, 5.41) is 3.17. The normalized spacial score (nSPS) is 12.6. The van der Waals surface area contributed by atoms with Gasteiger partial charge in [-0.05, 0) is 38.4 Å². The van der Waals surface area contributed by atoms with E-state index in [1.54, 1.807) is 12.1 Å². The van der Waals surface area contributed by atoms with E-state index in [0.29, 0.717) is 11.4 Å². The van der Waals surface area contributed by atoms with Gasteiger partial charge in [0.1, 0.15) is 0 Å². The largest absolute Gasteiger partial charge is 0.313 e. The second kappa shape index (κ2) is 7.20. The van der Waals surface area contributed by atoms with Crippen LogP contribution in [0, 0.1) is 0 Å². The van der Waals surface area contributed by atoms with Gasteiger partial charge in [-0.25, -0.2) is 13.1 Å². The summed E-state index contributed by atoms with van der Waals surface area (Å²) in [7, 11) is -3.49. The molecule has 0 aliphatic heterocycles.